The zero-order valence-corrected chi connectivity index (χ0v) is 20.0. The van der Waals surface area contributed by atoms with Gasteiger partial charge in [0, 0.05) is 51.7 Å². The van der Waals surface area contributed by atoms with Crippen molar-refractivity contribution in [3.8, 4) is 0 Å². The second kappa shape index (κ2) is 13.0. The molecule has 0 unspecified atom stereocenters. The second-order valence-corrected chi connectivity index (χ2v) is 7.63. The molecule has 1 aromatic rings. The number of amides is 1. The number of aliphatic imine (C=N–C) groups is 1. The first-order valence-electron chi connectivity index (χ1n) is 10.0. The maximum Gasteiger partial charge on any atom is 0.222 e. The third-order valence-electron chi connectivity index (χ3n) is 4.88. The van der Waals surface area contributed by atoms with Gasteiger partial charge in [-0.05, 0) is 25.3 Å². The Labute approximate surface area is 187 Å². The predicted molar refractivity (Wildman–Crippen MR) is 127 cm³/mol. The number of hydrogen-bond donors (Lipinski definition) is 3. The molecule has 1 aliphatic heterocycles. The zero-order valence-electron chi connectivity index (χ0n) is 17.6. The van der Waals surface area contributed by atoms with Crippen molar-refractivity contribution in [2.24, 2.45) is 10.9 Å². The predicted octanol–water partition coefficient (Wildman–Crippen LogP) is 2.51. The molecule has 1 heterocycles. The van der Waals surface area contributed by atoms with Crippen molar-refractivity contribution < 1.29 is 4.79 Å². The molecule has 0 spiro atoms. The Morgan fingerprint density at radius 3 is 2.50 bits per heavy atom. The summed E-state index contributed by atoms with van der Waals surface area (Å²) in [5, 5.41) is 9.70. The number of nitrogens with zero attached hydrogens (tertiary/aromatic N) is 2. The molecule has 0 aliphatic carbocycles. The fourth-order valence-electron chi connectivity index (χ4n) is 3.26. The van der Waals surface area contributed by atoms with Crippen LogP contribution >= 0.6 is 24.0 Å². The zero-order chi connectivity index (χ0) is 19.6. The summed E-state index contributed by atoms with van der Waals surface area (Å²) in [6.07, 6.45) is 2.22. The van der Waals surface area contributed by atoms with Gasteiger partial charge in [-0.1, -0.05) is 43.7 Å². The van der Waals surface area contributed by atoms with Crippen LogP contribution < -0.4 is 16.0 Å². The van der Waals surface area contributed by atoms with E-state index in [0.29, 0.717) is 19.1 Å². The molecule has 1 aromatic carbocycles. The Morgan fingerprint density at radius 2 is 1.89 bits per heavy atom. The number of halogens is 1. The van der Waals surface area contributed by atoms with Gasteiger partial charge in [-0.3, -0.25) is 14.7 Å². The topological polar surface area (TPSA) is 68.8 Å². The molecule has 1 saturated heterocycles. The maximum atomic E-state index is 11.6. The lowest BCUT2D eigenvalue weighted by atomic mass is 10.0. The maximum absolute atomic E-state index is 11.6. The van der Waals surface area contributed by atoms with E-state index in [1.165, 1.54) is 11.1 Å². The minimum Gasteiger partial charge on any atom is -0.355 e. The Morgan fingerprint density at radius 1 is 1.21 bits per heavy atom. The Hall–Kier alpha value is -1.35. The van der Waals surface area contributed by atoms with Crippen molar-refractivity contribution in [3.05, 3.63) is 35.4 Å². The summed E-state index contributed by atoms with van der Waals surface area (Å²) < 4.78 is 0. The molecule has 0 bridgehead atoms. The van der Waals surface area contributed by atoms with E-state index in [-0.39, 0.29) is 35.8 Å². The molecule has 0 saturated carbocycles. The molecular formula is C21H36IN5O. The summed E-state index contributed by atoms with van der Waals surface area (Å²) >= 11 is 0. The summed E-state index contributed by atoms with van der Waals surface area (Å²) in [5.41, 5.74) is 2.71. The monoisotopic (exact) mass is 501 g/mol. The number of likely N-dealkylation sites (tertiary alicyclic amines) is 1. The van der Waals surface area contributed by atoms with E-state index < -0.39 is 0 Å². The second-order valence-electron chi connectivity index (χ2n) is 7.63. The van der Waals surface area contributed by atoms with Gasteiger partial charge in [0.1, 0.15) is 0 Å². The SMILES string of the molecule is CN=C(NCCNC(=O)C(C)C)NC1CCN(Cc2cccc(C)c2)CC1.I. The lowest BCUT2D eigenvalue weighted by Crippen LogP contribution is -2.49. The lowest BCUT2D eigenvalue weighted by Gasteiger charge is -2.33. The quantitative estimate of drug-likeness (QED) is 0.233. The number of piperidine rings is 1. The Balaban J connectivity index is 0.00000392. The standard InChI is InChI=1S/C21H35N5O.HI/c1-16(2)20(27)23-10-11-24-21(22-4)25-19-8-12-26(13-9-19)15-18-7-5-6-17(3)14-18;/h5-7,14,16,19H,8-13,15H2,1-4H3,(H,23,27)(H2,22,24,25);1H. The molecule has 1 amide bonds. The van der Waals surface area contributed by atoms with E-state index in [1.807, 2.05) is 13.8 Å². The Kier molecular flexibility index (Phi) is 11.4. The molecule has 158 valence electrons. The fourth-order valence-corrected chi connectivity index (χ4v) is 3.26. The molecular weight excluding hydrogens is 465 g/mol. The number of nitrogens with one attached hydrogen (secondary N) is 3. The van der Waals surface area contributed by atoms with Crippen LogP contribution in [0, 0.1) is 12.8 Å². The normalized spacial score (nSPS) is 15.8. The van der Waals surface area contributed by atoms with Gasteiger partial charge in [0.05, 0.1) is 0 Å². The molecule has 1 fully saturated rings. The minimum atomic E-state index is 0. The van der Waals surface area contributed by atoms with Crippen LogP contribution in [0.1, 0.15) is 37.8 Å². The highest BCUT2D eigenvalue weighted by atomic mass is 127. The lowest BCUT2D eigenvalue weighted by molar-refractivity contribution is -0.123. The van der Waals surface area contributed by atoms with Crippen molar-refractivity contribution in [2.75, 3.05) is 33.2 Å². The third-order valence-corrected chi connectivity index (χ3v) is 4.88. The number of guanidine groups is 1. The molecule has 0 radical (unpaired) electrons. The molecule has 1 aliphatic rings. The highest BCUT2D eigenvalue weighted by Crippen LogP contribution is 2.14. The highest BCUT2D eigenvalue weighted by Gasteiger charge is 2.20. The molecule has 0 atom stereocenters. The van der Waals surface area contributed by atoms with Crippen molar-refractivity contribution in [1.82, 2.24) is 20.9 Å². The smallest absolute Gasteiger partial charge is 0.222 e. The van der Waals surface area contributed by atoms with Crippen LogP contribution in [-0.2, 0) is 11.3 Å². The van der Waals surface area contributed by atoms with Gasteiger partial charge in [0.15, 0.2) is 5.96 Å². The number of hydrogen-bond acceptors (Lipinski definition) is 3. The van der Waals surface area contributed by atoms with Gasteiger partial charge < -0.3 is 16.0 Å². The van der Waals surface area contributed by atoms with Crippen LogP contribution in [0.4, 0.5) is 0 Å². The first-order valence-corrected chi connectivity index (χ1v) is 10.0. The van der Waals surface area contributed by atoms with Crippen molar-refractivity contribution in [1.29, 1.82) is 0 Å². The van der Waals surface area contributed by atoms with Crippen LogP contribution in [0.15, 0.2) is 29.3 Å². The van der Waals surface area contributed by atoms with E-state index >= 15 is 0 Å². The third kappa shape index (κ3) is 8.77. The van der Waals surface area contributed by atoms with Crippen LogP contribution in [0.25, 0.3) is 0 Å². The first kappa shape index (κ1) is 24.7. The molecule has 3 N–H and O–H groups in total. The summed E-state index contributed by atoms with van der Waals surface area (Å²) in [6, 6.07) is 9.20. The van der Waals surface area contributed by atoms with Crippen molar-refractivity contribution >= 4 is 35.8 Å². The van der Waals surface area contributed by atoms with Gasteiger partial charge in [-0.25, -0.2) is 0 Å². The fraction of sp³-hybridized carbons (Fsp3) is 0.619. The van der Waals surface area contributed by atoms with Crippen molar-refractivity contribution in [2.45, 2.75) is 46.2 Å². The minimum absolute atomic E-state index is 0. The number of benzene rings is 1. The number of rotatable bonds is 7. The van der Waals surface area contributed by atoms with E-state index in [1.54, 1.807) is 7.05 Å². The average Bonchev–Trinajstić information content (AvgIpc) is 2.65. The van der Waals surface area contributed by atoms with E-state index in [2.05, 4.69) is 57.0 Å². The summed E-state index contributed by atoms with van der Waals surface area (Å²) in [5.74, 6) is 0.916. The molecule has 0 aromatic heterocycles. The van der Waals surface area contributed by atoms with E-state index in [0.717, 1.165) is 38.4 Å². The molecule has 2 rings (SSSR count). The molecule has 28 heavy (non-hydrogen) atoms. The number of carbonyl (C=O) groups is 1. The summed E-state index contributed by atoms with van der Waals surface area (Å²) in [6.45, 7) is 10.4. The molecule has 7 heteroatoms. The van der Waals surface area contributed by atoms with Gasteiger partial charge in [-0.2, -0.15) is 0 Å². The summed E-state index contributed by atoms with van der Waals surface area (Å²) in [7, 11) is 1.79. The van der Waals surface area contributed by atoms with Crippen LogP contribution in [-0.4, -0.2) is 56.0 Å². The van der Waals surface area contributed by atoms with Crippen LogP contribution in [0.3, 0.4) is 0 Å². The van der Waals surface area contributed by atoms with E-state index in [4.69, 9.17) is 0 Å². The highest BCUT2D eigenvalue weighted by molar-refractivity contribution is 14.0. The summed E-state index contributed by atoms with van der Waals surface area (Å²) in [4.78, 5) is 18.4. The average molecular weight is 501 g/mol. The van der Waals surface area contributed by atoms with E-state index in [9.17, 15) is 4.79 Å². The molecule has 6 nitrogen and oxygen atoms in total. The largest absolute Gasteiger partial charge is 0.355 e. The van der Waals surface area contributed by atoms with Gasteiger partial charge in [0.25, 0.3) is 0 Å². The first-order chi connectivity index (χ1) is 13.0. The Bertz CT molecular complexity index is 627. The van der Waals surface area contributed by atoms with Gasteiger partial charge in [0.2, 0.25) is 5.91 Å². The van der Waals surface area contributed by atoms with Gasteiger partial charge in [-0.15, -0.1) is 24.0 Å². The van der Waals surface area contributed by atoms with Crippen LogP contribution in [0.2, 0.25) is 0 Å². The van der Waals surface area contributed by atoms with Gasteiger partial charge >= 0.3 is 0 Å². The van der Waals surface area contributed by atoms with Crippen LogP contribution in [0.5, 0.6) is 0 Å². The van der Waals surface area contributed by atoms with Crippen molar-refractivity contribution in [3.63, 3.8) is 0 Å². The number of aryl methyl sites for hydroxylation is 1. The number of carbonyl (C=O) groups excluding carboxylic acids is 1.